The summed E-state index contributed by atoms with van der Waals surface area (Å²) in [6, 6.07) is 16.4. The number of para-hydroxylation sites is 2. The zero-order chi connectivity index (χ0) is 28.6. The van der Waals surface area contributed by atoms with Crippen LogP contribution in [0.2, 0.25) is 18.1 Å². The Morgan fingerprint density at radius 3 is 2.10 bits per heavy atom. The zero-order valence-electron chi connectivity index (χ0n) is 23.0. The van der Waals surface area contributed by atoms with Crippen molar-refractivity contribution < 1.29 is 28.7 Å². The third kappa shape index (κ3) is 7.11. The van der Waals surface area contributed by atoms with Gasteiger partial charge in [-0.3, -0.25) is 10.1 Å². The first-order chi connectivity index (χ1) is 18.5. The van der Waals surface area contributed by atoms with Crippen LogP contribution in [0.5, 0.6) is 11.5 Å². The summed E-state index contributed by atoms with van der Waals surface area (Å²) in [6.45, 7) is 10.2. The quantitative estimate of drug-likeness (QED) is 0.126. The van der Waals surface area contributed by atoms with Gasteiger partial charge in [-0.05, 0) is 57.9 Å². The van der Waals surface area contributed by atoms with Crippen LogP contribution in [0.1, 0.15) is 33.6 Å². The van der Waals surface area contributed by atoms with E-state index >= 15 is 0 Å². The van der Waals surface area contributed by atoms with Gasteiger partial charge in [0.1, 0.15) is 17.8 Å². The van der Waals surface area contributed by atoms with Crippen molar-refractivity contribution in [1.29, 1.82) is 0 Å². The second-order valence-corrected chi connectivity index (χ2v) is 14.0. The van der Waals surface area contributed by atoms with Crippen molar-refractivity contribution in [3.63, 3.8) is 0 Å². The van der Waals surface area contributed by atoms with Crippen LogP contribution in [0.4, 0.5) is 9.59 Å². The fourth-order valence-corrected chi connectivity index (χ4v) is 7.12. The molecule has 11 heteroatoms. The first kappa shape index (κ1) is 29.6. The normalized spacial score (nSPS) is 19.2. The average molecular weight is 553 g/mol. The van der Waals surface area contributed by atoms with Gasteiger partial charge in [-0.2, -0.15) is 0 Å². The maximum Gasteiger partial charge on any atom is 0.442 e. The third-order valence-corrected chi connectivity index (χ3v) is 9.63. The largest absolute Gasteiger partial charge is 0.442 e. The molecular formula is C28H36N4O6Si. The number of benzene rings is 2. The Hall–Kier alpha value is -3.99. The van der Waals surface area contributed by atoms with E-state index in [9.17, 15) is 19.2 Å². The summed E-state index contributed by atoms with van der Waals surface area (Å²) in [6.07, 6.45) is 0.101. The Labute approximate surface area is 230 Å². The number of aliphatic imine (C=N–C) groups is 1. The Kier molecular flexibility index (Phi) is 9.63. The first-order valence-electron chi connectivity index (χ1n) is 12.9. The maximum absolute atomic E-state index is 13.3. The van der Waals surface area contributed by atoms with Crippen LogP contribution in [0.25, 0.3) is 0 Å². The van der Waals surface area contributed by atoms with Crippen molar-refractivity contribution in [1.82, 2.24) is 15.5 Å². The van der Waals surface area contributed by atoms with Crippen LogP contribution >= 0.6 is 0 Å². The average Bonchev–Trinajstić information content (AvgIpc) is 2.86. The number of amides is 3. The van der Waals surface area contributed by atoms with E-state index in [-0.39, 0.29) is 18.4 Å². The van der Waals surface area contributed by atoms with E-state index in [1.165, 1.54) is 0 Å². The summed E-state index contributed by atoms with van der Waals surface area (Å²) in [5.74, 6) is 0.472. The number of carbonyl (C=O) groups excluding carboxylic acids is 4. The monoisotopic (exact) mass is 552 g/mol. The number of ether oxygens (including phenoxy) is 2. The van der Waals surface area contributed by atoms with Gasteiger partial charge >= 0.3 is 12.2 Å². The van der Waals surface area contributed by atoms with Crippen molar-refractivity contribution in [3.05, 3.63) is 60.7 Å². The molecule has 3 amide bonds. The lowest BCUT2D eigenvalue weighted by Crippen LogP contribution is -2.73. The molecular weight excluding hydrogens is 516 g/mol. The fraction of sp³-hybridized carbons (Fsp3) is 0.393. The zero-order valence-corrected chi connectivity index (χ0v) is 24.1. The highest BCUT2D eigenvalue weighted by Gasteiger charge is 2.64. The molecule has 2 atom stereocenters. The van der Waals surface area contributed by atoms with Crippen molar-refractivity contribution in [2.45, 2.75) is 63.3 Å². The van der Waals surface area contributed by atoms with Gasteiger partial charge in [0.15, 0.2) is 0 Å². The van der Waals surface area contributed by atoms with Crippen molar-refractivity contribution in [2.75, 3.05) is 6.54 Å². The standard InChI is InChI=1S/C28H36N4O6Si/c1-27(2,3)32-22(19-33)28(23(32)34,39(4)5)17-12-18-29-24(30-25(35)37-20-13-8-6-9-14-20)31-26(36)38-21-15-10-7-11-16-21/h6-11,13-16,19,22,39H,12,17-18H2,1-5H3,(H2,29,30,31,35,36)/t22-,28+/m0/s1. The number of nitrogens with one attached hydrogen (secondary N) is 2. The molecule has 1 fully saturated rings. The number of aldehydes is 1. The summed E-state index contributed by atoms with van der Waals surface area (Å²) < 4.78 is 10.5. The summed E-state index contributed by atoms with van der Waals surface area (Å²) in [5.41, 5.74) is -0.449. The minimum atomic E-state index is -1.60. The molecule has 0 bridgehead atoms. The Balaban J connectivity index is 1.68. The molecule has 1 heterocycles. The predicted octanol–water partition coefficient (Wildman–Crippen LogP) is 4.14. The molecule has 1 aliphatic heterocycles. The number of hydrogen-bond donors (Lipinski definition) is 2. The van der Waals surface area contributed by atoms with Crippen LogP contribution in [0.3, 0.4) is 0 Å². The highest BCUT2D eigenvalue weighted by Crippen LogP contribution is 2.54. The molecule has 0 aromatic heterocycles. The minimum absolute atomic E-state index is 0.0126. The number of hydrogen-bond acceptors (Lipinski definition) is 6. The number of β-lactam (4-membered cyclic amide) rings is 1. The van der Waals surface area contributed by atoms with Crippen LogP contribution in [0, 0.1) is 0 Å². The van der Waals surface area contributed by atoms with Gasteiger partial charge in [-0.15, -0.1) is 4.99 Å². The summed E-state index contributed by atoms with van der Waals surface area (Å²) in [7, 11) is -1.60. The molecule has 10 nitrogen and oxygen atoms in total. The van der Waals surface area contributed by atoms with Gasteiger partial charge in [0.05, 0.1) is 19.9 Å². The summed E-state index contributed by atoms with van der Waals surface area (Å²) in [4.78, 5) is 55.8. The molecule has 1 saturated heterocycles. The smallest absolute Gasteiger partial charge is 0.410 e. The van der Waals surface area contributed by atoms with Crippen LogP contribution in [-0.4, -0.2) is 62.2 Å². The summed E-state index contributed by atoms with van der Waals surface area (Å²) in [5, 5.41) is 4.70. The van der Waals surface area contributed by atoms with E-state index in [1.807, 2.05) is 20.8 Å². The lowest BCUT2D eigenvalue weighted by molar-refractivity contribution is -0.166. The molecule has 39 heavy (non-hydrogen) atoms. The molecule has 0 radical (unpaired) electrons. The van der Waals surface area contributed by atoms with Crippen molar-refractivity contribution in [2.24, 2.45) is 4.99 Å². The van der Waals surface area contributed by atoms with Gasteiger partial charge < -0.3 is 24.5 Å². The first-order valence-corrected chi connectivity index (χ1v) is 15.8. The highest BCUT2D eigenvalue weighted by atomic mass is 28.3. The Bertz CT molecular complexity index is 1200. The molecule has 2 N–H and O–H groups in total. The second kappa shape index (κ2) is 12.7. The number of carbonyl (C=O) groups is 4. The summed E-state index contributed by atoms with van der Waals surface area (Å²) >= 11 is 0. The van der Waals surface area contributed by atoms with Gasteiger partial charge in [-0.1, -0.05) is 49.5 Å². The molecule has 0 aliphatic carbocycles. The van der Waals surface area contributed by atoms with E-state index in [2.05, 4.69) is 28.7 Å². The Morgan fingerprint density at radius 2 is 1.59 bits per heavy atom. The van der Waals surface area contributed by atoms with Crippen LogP contribution in [-0.2, 0) is 9.59 Å². The second-order valence-electron chi connectivity index (χ2n) is 10.6. The molecule has 2 aromatic carbocycles. The molecule has 0 spiro atoms. The number of guanidine groups is 1. The van der Waals surface area contributed by atoms with Gasteiger partial charge in [0.2, 0.25) is 11.9 Å². The van der Waals surface area contributed by atoms with Gasteiger partial charge in [0.25, 0.3) is 0 Å². The Morgan fingerprint density at radius 1 is 1.03 bits per heavy atom. The SMILES string of the molecule is C[SiH](C)[C@@]1(CCCN/C(=N\C(=O)Oc2ccccc2)NC(=O)Oc2ccccc2)C(=O)N(C(C)(C)C)[C@H]1C=O. The third-order valence-electron chi connectivity index (χ3n) is 6.69. The van der Waals surface area contributed by atoms with Crippen molar-refractivity contribution >= 4 is 39.1 Å². The molecule has 208 valence electrons. The van der Waals surface area contributed by atoms with Gasteiger partial charge in [-0.25, -0.2) is 9.59 Å². The number of nitrogens with zero attached hydrogens (tertiary/aromatic N) is 2. The fourth-order valence-electron chi connectivity index (χ4n) is 4.80. The highest BCUT2D eigenvalue weighted by molar-refractivity contribution is 6.66. The van der Waals surface area contributed by atoms with E-state index in [0.29, 0.717) is 24.3 Å². The van der Waals surface area contributed by atoms with E-state index in [1.54, 1.807) is 65.6 Å². The van der Waals surface area contributed by atoms with E-state index < -0.39 is 37.6 Å². The maximum atomic E-state index is 13.3. The van der Waals surface area contributed by atoms with Crippen LogP contribution < -0.4 is 20.1 Å². The van der Waals surface area contributed by atoms with Gasteiger partial charge in [0, 0.05) is 12.1 Å². The molecule has 3 rings (SSSR count). The van der Waals surface area contributed by atoms with Crippen molar-refractivity contribution in [3.8, 4) is 11.5 Å². The predicted molar refractivity (Wildman–Crippen MR) is 151 cm³/mol. The number of rotatable bonds is 8. The molecule has 0 saturated carbocycles. The molecule has 2 aromatic rings. The lowest BCUT2D eigenvalue weighted by Gasteiger charge is -2.60. The number of likely N-dealkylation sites (tertiary alicyclic amines) is 1. The van der Waals surface area contributed by atoms with E-state index in [4.69, 9.17) is 9.47 Å². The molecule has 1 aliphatic rings. The lowest BCUT2D eigenvalue weighted by atomic mass is 9.79. The minimum Gasteiger partial charge on any atom is -0.410 e. The van der Waals surface area contributed by atoms with E-state index in [0.717, 1.165) is 6.29 Å². The van der Waals surface area contributed by atoms with Crippen LogP contribution in [0.15, 0.2) is 65.7 Å². The molecule has 0 unspecified atom stereocenters. The topological polar surface area (TPSA) is 126 Å².